The second-order valence-electron chi connectivity index (χ2n) is 5.69. The van der Waals surface area contributed by atoms with Gasteiger partial charge in [0.1, 0.15) is 11.5 Å². The van der Waals surface area contributed by atoms with Gasteiger partial charge in [0.25, 0.3) is 15.9 Å². The predicted octanol–water partition coefficient (Wildman–Crippen LogP) is 1.89. The Hall–Kier alpha value is -3.07. The van der Waals surface area contributed by atoms with Crippen molar-refractivity contribution in [1.82, 2.24) is 0 Å². The number of amides is 1. The maximum absolute atomic E-state index is 12.5. The first-order valence-corrected chi connectivity index (χ1v) is 9.04. The summed E-state index contributed by atoms with van der Waals surface area (Å²) in [4.78, 5) is 22.0. The number of carbonyl (C=O) groups is 2. The highest BCUT2D eigenvalue weighted by Gasteiger charge is 2.21. The van der Waals surface area contributed by atoms with Crippen molar-refractivity contribution in [1.29, 1.82) is 0 Å². The van der Waals surface area contributed by atoms with E-state index in [4.69, 9.17) is 10.5 Å². The summed E-state index contributed by atoms with van der Waals surface area (Å²) in [5.74, 6) is -1.15. The van der Waals surface area contributed by atoms with E-state index in [-0.39, 0.29) is 28.5 Å². The molecule has 138 valence electrons. The molecule has 8 nitrogen and oxygen atoms in total. The van der Waals surface area contributed by atoms with Crippen LogP contribution in [0.3, 0.4) is 0 Å². The zero-order valence-corrected chi connectivity index (χ0v) is 14.9. The van der Waals surface area contributed by atoms with E-state index in [1.807, 2.05) is 13.8 Å². The number of anilines is 1. The van der Waals surface area contributed by atoms with Crippen molar-refractivity contribution >= 4 is 27.9 Å². The average molecular weight is 378 g/mol. The summed E-state index contributed by atoms with van der Waals surface area (Å²) >= 11 is 0. The fourth-order valence-corrected chi connectivity index (χ4v) is 3.27. The summed E-state index contributed by atoms with van der Waals surface area (Å²) in [6.07, 6.45) is 0.210. The Bertz CT molecular complexity index is 936. The lowest BCUT2D eigenvalue weighted by atomic mass is 10.1. The molecule has 4 N–H and O–H groups in total. The molecule has 9 heteroatoms. The molecular weight excluding hydrogens is 360 g/mol. The third kappa shape index (κ3) is 4.31. The van der Waals surface area contributed by atoms with Crippen molar-refractivity contribution in [2.75, 3.05) is 4.72 Å². The lowest BCUT2D eigenvalue weighted by molar-refractivity contribution is 0.0997. The van der Waals surface area contributed by atoms with Gasteiger partial charge in [0.05, 0.1) is 22.1 Å². The van der Waals surface area contributed by atoms with Crippen LogP contribution in [0.4, 0.5) is 5.69 Å². The monoisotopic (exact) mass is 378 g/mol. The van der Waals surface area contributed by atoms with Gasteiger partial charge in [-0.2, -0.15) is 0 Å². The Morgan fingerprint density at radius 3 is 2.35 bits per heavy atom. The Kier molecular flexibility index (Phi) is 5.51. The Labute approximate surface area is 150 Å². The fraction of sp³-hybridized carbons (Fsp3) is 0.176. The molecule has 0 unspecified atom stereocenters. The van der Waals surface area contributed by atoms with Gasteiger partial charge in [-0.15, -0.1) is 0 Å². The van der Waals surface area contributed by atoms with Crippen molar-refractivity contribution in [3.63, 3.8) is 0 Å². The molecule has 0 saturated heterocycles. The van der Waals surface area contributed by atoms with Crippen LogP contribution >= 0.6 is 0 Å². The van der Waals surface area contributed by atoms with Crippen LogP contribution in [0.1, 0.15) is 34.6 Å². The van der Waals surface area contributed by atoms with E-state index in [1.54, 1.807) is 12.1 Å². The number of aromatic hydroxyl groups is 1. The first kappa shape index (κ1) is 19.3. The SMILES string of the molecule is CC(C)Oc1ccc(NS(=O)(=O)c2cc(C=O)c(O)c(C(N)=O)c2)cc1. The molecule has 0 saturated carbocycles. The molecule has 26 heavy (non-hydrogen) atoms. The van der Waals surface area contributed by atoms with Crippen LogP contribution in [0, 0.1) is 0 Å². The number of primary amides is 1. The Morgan fingerprint density at radius 2 is 1.85 bits per heavy atom. The molecule has 0 aliphatic heterocycles. The third-order valence-electron chi connectivity index (χ3n) is 3.29. The number of benzene rings is 2. The number of hydrogen-bond donors (Lipinski definition) is 3. The molecule has 0 aliphatic carbocycles. The van der Waals surface area contributed by atoms with Crippen LogP contribution in [0.15, 0.2) is 41.3 Å². The molecule has 0 aromatic heterocycles. The van der Waals surface area contributed by atoms with Crippen LogP contribution in [-0.2, 0) is 10.0 Å². The van der Waals surface area contributed by atoms with Gasteiger partial charge in [0.2, 0.25) is 0 Å². The Morgan fingerprint density at radius 1 is 1.23 bits per heavy atom. The molecule has 0 bridgehead atoms. The highest BCUT2D eigenvalue weighted by molar-refractivity contribution is 7.92. The maximum Gasteiger partial charge on any atom is 0.261 e. The normalized spacial score (nSPS) is 11.2. The summed E-state index contributed by atoms with van der Waals surface area (Å²) in [6.45, 7) is 3.73. The lowest BCUT2D eigenvalue weighted by Gasteiger charge is -2.13. The zero-order chi connectivity index (χ0) is 19.5. The van der Waals surface area contributed by atoms with Gasteiger partial charge in [-0.25, -0.2) is 8.42 Å². The fourth-order valence-electron chi connectivity index (χ4n) is 2.15. The molecule has 2 rings (SSSR count). The number of hydrogen-bond acceptors (Lipinski definition) is 6. The number of aldehydes is 1. The summed E-state index contributed by atoms with van der Waals surface area (Å²) in [5.41, 5.74) is 4.55. The van der Waals surface area contributed by atoms with Crippen molar-refractivity contribution in [2.45, 2.75) is 24.8 Å². The second kappa shape index (κ2) is 7.44. The van der Waals surface area contributed by atoms with Crippen molar-refractivity contribution in [3.8, 4) is 11.5 Å². The lowest BCUT2D eigenvalue weighted by Crippen LogP contribution is -2.17. The molecular formula is C17H18N2O6S. The van der Waals surface area contributed by atoms with Gasteiger partial charge in [0, 0.05) is 5.69 Å². The summed E-state index contributed by atoms with van der Waals surface area (Å²) in [7, 11) is -4.12. The largest absolute Gasteiger partial charge is 0.506 e. The zero-order valence-electron chi connectivity index (χ0n) is 14.1. The maximum atomic E-state index is 12.5. The van der Waals surface area contributed by atoms with Gasteiger partial charge >= 0.3 is 0 Å². The predicted molar refractivity (Wildman–Crippen MR) is 95.0 cm³/mol. The molecule has 0 spiro atoms. The molecule has 0 heterocycles. The van der Waals surface area contributed by atoms with E-state index in [0.29, 0.717) is 5.75 Å². The van der Waals surface area contributed by atoms with Gasteiger partial charge in [-0.05, 0) is 50.2 Å². The molecule has 2 aromatic carbocycles. The Balaban J connectivity index is 2.37. The van der Waals surface area contributed by atoms with Crippen LogP contribution < -0.4 is 15.2 Å². The minimum absolute atomic E-state index is 0.0245. The summed E-state index contributed by atoms with van der Waals surface area (Å²) in [5, 5.41) is 9.78. The van der Waals surface area contributed by atoms with E-state index >= 15 is 0 Å². The molecule has 0 radical (unpaired) electrons. The van der Waals surface area contributed by atoms with Crippen LogP contribution in [0.5, 0.6) is 11.5 Å². The van der Waals surface area contributed by atoms with E-state index in [0.717, 1.165) is 12.1 Å². The quantitative estimate of drug-likeness (QED) is 0.630. The molecule has 1 amide bonds. The minimum Gasteiger partial charge on any atom is -0.506 e. The van der Waals surface area contributed by atoms with Gasteiger partial charge < -0.3 is 15.6 Å². The van der Waals surface area contributed by atoms with Crippen molar-refractivity contribution < 1.29 is 27.9 Å². The van der Waals surface area contributed by atoms with Crippen molar-refractivity contribution in [3.05, 3.63) is 47.5 Å². The van der Waals surface area contributed by atoms with E-state index in [2.05, 4.69) is 4.72 Å². The number of nitrogens with one attached hydrogen (secondary N) is 1. The van der Waals surface area contributed by atoms with Gasteiger partial charge in [0.15, 0.2) is 6.29 Å². The first-order valence-electron chi connectivity index (χ1n) is 7.55. The van der Waals surface area contributed by atoms with Crippen LogP contribution in [0.25, 0.3) is 0 Å². The summed E-state index contributed by atoms with van der Waals surface area (Å²) in [6, 6.07) is 8.06. The van der Waals surface area contributed by atoms with Crippen LogP contribution in [-0.4, -0.2) is 31.8 Å². The second-order valence-corrected chi connectivity index (χ2v) is 7.37. The minimum atomic E-state index is -4.12. The molecule has 2 aromatic rings. The highest BCUT2D eigenvalue weighted by Crippen LogP contribution is 2.27. The molecule has 0 atom stereocenters. The number of sulfonamides is 1. The standard InChI is InChI=1S/C17H18N2O6S/c1-10(2)25-13-5-3-12(4-6-13)19-26(23,24)14-7-11(9-20)16(21)15(8-14)17(18)22/h3-10,19,21H,1-2H3,(H2,18,22). The number of phenols is 1. The van der Waals surface area contributed by atoms with E-state index in [1.165, 1.54) is 12.1 Å². The number of nitrogens with two attached hydrogens (primary N) is 1. The third-order valence-corrected chi connectivity index (χ3v) is 4.65. The van der Waals surface area contributed by atoms with Crippen LogP contribution in [0.2, 0.25) is 0 Å². The van der Waals surface area contributed by atoms with Crippen molar-refractivity contribution in [2.24, 2.45) is 5.73 Å². The molecule has 0 fully saturated rings. The number of rotatable bonds is 7. The number of ether oxygens (including phenoxy) is 1. The average Bonchev–Trinajstić information content (AvgIpc) is 2.55. The number of carbonyl (C=O) groups excluding carboxylic acids is 2. The molecule has 0 aliphatic rings. The summed E-state index contributed by atoms with van der Waals surface area (Å²) < 4.78 is 32.8. The first-order chi connectivity index (χ1) is 12.1. The topological polar surface area (TPSA) is 136 Å². The highest BCUT2D eigenvalue weighted by atomic mass is 32.2. The van der Waals surface area contributed by atoms with Gasteiger partial charge in [-0.3, -0.25) is 14.3 Å². The van der Waals surface area contributed by atoms with E-state index < -0.39 is 27.2 Å². The smallest absolute Gasteiger partial charge is 0.261 e. The van der Waals surface area contributed by atoms with E-state index in [9.17, 15) is 23.1 Å². The van der Waals surface area contributed by atoms with Gasteiger partial charge in [-0.1, -0.05) is 0 Å².